The van der Waals surface area contributed by atoms with Gasteiger partial charge in [-0.15, -0.1) is 0 Å². The molecule has 0 radical (unpaired) electrons. The predicted molar refractivity (Wildman–Crippen MR) is 133 cm³/mol. The van der Waals surface area contributed by atoms with Crippen molar-refractivity contribution >= 4 is 29.4 Å². The second-order valence-corrected chi connectivity index (χ2v) is 8.77. The molecule has 0 saturated carbocycles. The van der Waals surface area contributed by atoms with E-state index in [4.69, 9.17) is 0 Å². The molecule has 1 aliphatic rings. The molecule has 4 rings (SSSR count). The average Bonchev–Trinajstić information content (AvgIpc) is 2.84. The molecule has 0 spiro atoms. The summed E-state index contributed by atoms with van der Waals surface area (Å²) in [4.78, 5) is 38.7. The van der Waals surface area contributed by atoms with Gasteiger partial charge in [-0.05, 0) is 38.4 Å². The number of amides is 3. The second kappa shape index (κ2) is 10.2. The zero-order valence-electron chi connectivity index (χ0n) is 20.5. The summed E-state index contributed by atoms with van der Waals surface area (Å²) in [6.45, 7) is 1.25. The lowest BCUT2D eigenvalue weighted by atomic mass is 10.0. The lowest BCUT2D eigenvalue weighted by molar-refractivity contribution is 0.0827. The molecule has 2 N–H and O–H groups in total. The van der Waals surface area contributed by atoms with Crippen LogP contribution in [0, 0.1) is 11.6 Å². The van der Waals surface area contributed by atoms with Gasteiger partial charge in [-0.2, -0.15) is 4.98 Å². The highest BCUT2D eigenvalue weighted by atomic mass is 19.1. The third kappa shape index (κ3) is 4.96. The van der Waals surface area contributed by atoms with Crippen LogP contribution in [0.2, 0.25) is 0 Å². The van der Waals surface area contributed by atoms with Gasteiger partial charge in [0.25, 0.3) is 5.91 Å². The van der Waals surface area contributed by atoms with Crippen molar-refractivity contribution in [1.82, 2.24) is 25.1 Å². The summed E-state index contributed by atoms with van der Waals surface area (Å²) in [5.41, 5.74) is 1.59. The molecule has 0 unspecified atom stereocenters. The molecule has 1 aromatic heterocycles. The number of carbonyl (C=O) groups is 2. The fourth-order valence-electron chi connectivity index (χ4n) is 3.81. The summed E-state index contributed by atoms with van der Waals surface area (Å²) >= 11 is 0. The molecule has 2 heterocycles. The van der Waals surface area contributed by atoms with Crippen molar-refractivity contribution in [2.45, 2.75) is 6.54 Å². The molecule has 3 amide bonds. The molecule has 36 heavy (non-hydrogen) atoms. The highest BCUT2D eigenvalue weighted by Crippen LogP contribution is 2.38. The molecule has 0 saturated heterocycles. The van der Waals surface area contributed by atoms with Crippen LogP contribution in [-0.4, -0.2) is 73.0 Å². The van der Waals surface area contributed by atoms with Gasteiger partial charge < -0.3 is 20.4 Å². The monoisotopic (exact) mass is 495 g/mol. The van der Waals surface area contributed by atoms with Gasteiger partial charge in [-0.3, -0.25) is 4.79 Å². The minimum Gasteiger partial charge on any atom is -0.353 e. The fraction of sp³-hybridized carbons (Fsp3) is 0.280. The van der Waals surface area contributed by atoms with Crippen molar-refractivity contribution in [2.75, 3.05) is 51.5 Å². The highest BCUT2D eigenvalue weighted by Gasteiger charge is 2.34. The first kappa shape index (κ1) is 25.0. The molecule has 2 aromatic carbocycles. The van der Waals surface area contributed by atoms with E-state index in [1.165, 1.54) is 11.0 Å². The van der Waals surface area contributed by atoms with Gasteiger partial charge in [0.1, 0.15) is 17.3 Å². The Morgan fingerprint density at radius 1 is 1.06 bits per heavy atom. The number of likely N-dealkylation sites (N-methyl/N-ethyl adjacent to an activating group) is 1. The number of halogens is 2. The molecule has 3 aromatic rings. The van der Waals surface area contributed by atoms with Crippen LogP contribution in [0.3, 0.4) is 0 Å². The number of nitrogens with zero attached hydrogens (tertiary/aromatic N) is 5. The summed E-state index contributed by atoms with van der Waals surface area (Å²) in [5.74, 6) is -1.66. The average molecular weight is 496 g/mol. The summed E-state index contributed by atoms with van der Waals surface area (Å²) in [5, 5.41) is 5.79. The van der Waals surface area contributed by atoms with Gasteiger partial charge in [0, 0.05) is 43.9 Å². The van der Waals surface area contributed by atoms with Crippen LogP contribution in [0.5, 0.6) is 0 Å². The van der Waals surface area contributed by atoms with Gasteiger partial charge in [-0.25, -0.2) is 23.5 Å². The maximum atomic E-state index is 14.7. The second-order valence-electron chi connectivity index (χ2n) is 8.77. The molecule has 0 atom stereocenters. The van der Waals surface area contributed by atoms with Crippen molar-refractivity contribution in [3.63, 3.8) is 0 Å². The third-order valence-corrected chi connectivity index (χ3v) is 5.63. The largest absolute Gasteiger partial charge is 0.353 e. The number of carbonyl (C=O) groups excluding carboxylic acids is 2. The van der Waals surface area contributed by atoms with Crippen molar-refractivity contribution in [3.8, 4) is 11.3 Å². The molecule has 9 nitrogen and oxygen atoms in total. The molecular weight excluding hydrogens is 468 g/mol. The first-order valence-electron chi connectivity index (χ1n) is 11.3. The van der Waals surface area contributed by atoms with E-state index in [0.29, 0.717) is 35.5 Å². The Labute approximate surface area is 207 Å². The van der Waals surface area contributed by atoms with Gasteiger partial charge in [0.15, 0.2) is 5.82 Å². The maximum Gasteiger partial charge on any atom is 0.328 e. The number of nitrogens with one attached hydrogen (secondary N) is 2. The van der Waals surface area contributed by atoms with E-state index >= 15 is 0 Å². The van der Waals surface area contributed by atoms with Crippen molar-refractivity contribution in [3.05, 3.63) is 65.2 Å². The zero-order chi connectivity index (χ0) is 26.0. The maximum absolute atomic E-state index is 14.7. The number of urea groups is 1. The smallest absolute Gasteiger partial charge is 0.328 e. The number of fused-ring (bicyclic) bond motifs is 1. The number of hydrogen-bond acceptors (Lipinski definition) is 6. The molecule has 11 heteroatoms. The number of benzene rings is 2. The van der Waals surface area contributed by atoms with E-state index in [1.807, 2.05) is 19.0 Å². The van der Waals surface area contributed by atoms with Crippen LogP contribution in [0.1, 0.15) is 15.9 Å². The standard InChI is InChI=1S/C25H27F2N7O2/c1-32(2)13-12-28-24-30-20(15-8-10-16(11-9-15)23(35)33(3)4)17-14-29-25(36)34(22(17)31-24)21-18(26)6-5-7-19(21)27/h5-11H,12-14H2,1-4H3,(H,29,36)(H,28,30,31). The van der Waals surface area contributed by atoms with E-state index in [1.54, 1.807) is 38.4 Å². The Morgan fingerprint density at radius 2 is 1.72 bits per heavy atom. The Kier molecular flexibility index (Phi) is 7.11. The van der Waals surface area contributed by atoms with Crippen LogP contribution < -0.4 is 15.5 Å². The van der Waals surface area contributed by atoms with Gasteiger partial charge in [0.05, 0.1) is 12.2 Å². The van der Waals surface area contributed by atoms with E-state index in [0.717, 1.165) is 17.0 Å². The molecule has 0 fully saturated rings. The normalized spacial score (nSPS) is 12.9. The topological polar surface area (TPSA) is 93.7 Å². The van der Waals surface area contributed by atoms with Crippen LogP contribution >= 0.6 is 0 Å². The van der Waals surface area contributed by atoms with Gasteiger partial charge in [-0.1, -0.05) is 18.2 Å². The minimum absolute atomic E-state index is 0.0619. The molecule has 0 aliphatic carbocycles. The predicted octanol–water partition coefficient (Wildman–Crippen LogP) is 3.46. The molecule has 0 bridgehead atoms. The highest BCUT2D eigenvalue weighted by molar-refractivity contribution is 6.02. The first-order chi connectivity index (χ1) is 17.2. The van der Waals surface area contributed by atoms with E-state index < -0.39 is 23.4 Å². The van der Waals surface area contributed by atoms with Gasteiger partial charge >= 0.3 is 6.03 Å². The lowest BCUT2D eigenvalue weighted by Crippen LogP contribution is -2.43. The quantitative estimate of drug-likeness (QED) is 0.522. The molecule has 1 aliphatic heterocycles. The van der Waals surface area contributed by atoms with Crippen molar-refractivity contribution < 1.29 is 18.4 Å². The van der Waals surface area contributed by atoms with Crippen LogP contribution in [0.25, 0.3) is 11.3 Å². The third-order valence-electron chi connectivity index (χ3n) is 5.63. The number of rotatable bonds is 7. The molecular formula is C25H27F2N7O2. The summed E-state index contributed by atoms with van der Waals surface area (Å²) in [6, 6.07) is 9.54. The van der Waals surface area contributed by atoms with Crippen LogP contribution in [0.15, 0.2) is 42.5 Å². The molecule has 188 valence electrons. The Morgan fingerprint density at radius 3 is 2.33 bits per heavy atom. The summed E-state index contributed by atoms with van der Waals surface area (Å²) in [7, 11) is 7.18. The van der Waals surface area contributed by atoms with Crippen LogP contribution in [0.4, 0.5) is 31.0 Å². The Hall–Kier alpha value is -4.12. The van der Waals surface area contributed by atoms with E-state index in [-0.39, 0.29) is 24.2 Å². The number of hydrogen-bond donors (Lipinski definition) is 2. The summed E-state index contributed by atoms with van der Waals surface area (Å²) in [6.07, 6.45) is 0. The lowest BCUT2D eigenvalue weighted by Gasteiger charge is -2.30. The Balaban J connectivity index is 1.86. The van der Waals surface area contributed by atoms with E-state index in [9.17, 15) is 18.4 Å². The van der Waals surface area contributed by atoms with E-state index in [2.05, 4.69) is 20.6 Å². The minimum atomic E-state index is -0.896. The first-order valence-corrected chi connectivity index (χ1v) is 11.3. The van der Waals surface area contributed by atoms with Gasteiger partial charge in [0.2, 0.25) is 5.95 Å². The summed E-state index contributed by atoms with van der Waals surface area (Å²) < 4.78 is 29.5. The Bertz CT molecular complexity index is 1280. The number of anilines is 3. The van der Waals surface area contributed by atoms with Crippen molar-refractivity contribution in [1.29, 1.82) is 0 Å². The fourth-order valence-corrected chi connectivity index (χ4v) is 3.81. The SMILES string of the molecule is CN(C)CCNc1nc(-c2ccc(C(=O)N(C)C)cc2)c2c(n1)N(c1c(F)cccc1F)C(=O)NC2. The van der Waals surface area contributed by atoms with Crippen molar-refractivity contribution in [2.24, 2.45) is 0 Å². The van der Waals surface area contributed by atoms with Crippen LogP contribution in [-0.2, 0) is 6.54 Å². The number of para-hydroxylation sites is 1. The zero-order valence-corrected chi connectivity index (χ0v) is 20.5. The number of aromatic nitrogens is 2.